The fourth-order valence-corrected chi connectivity index (χ4v) is 3.30. The minimum Gasteiger partial charge on any atom is -0.491 e. The first-order valence-corrected chi connectivity index (χ1v) is 7.90. The first-order chi connectivity index (χ1) is 11.1. The van der Waals surface area contributed by atoms with Gasteiger partial charge >= 0.3 is 6.09 Å². The van der Waals surface area contributed by atoms with Crippen LogP contribution in [0.3, 0.4) is 0 Å². The molecule has 0 radical (unpaired) electrons. The molecule has 1 fully saturated rings. The average Bonchev–Trinajstić information content (AvgIpc) is 2.54. The Kier molecular flexibility index (Phi) is 6.24. The normalized spacial score (nSPS) is 24.5. The first kappa shape index (κ1) is 17.6. The van der Waals surface area contributed by atoms with Gasteiger partial charge in [-0.25, -0.2) is 4.79 Å². The predicted octanol–water partition coefficient (Wildman–Crippen LogP) is 2.18. The molecular weight excluding hydrogens is 298 g/mol. The lowest BCUT2D eigenvalue weighted by Crippen LogP contribution is -2.50. The molecule has 6 nitrogen and oxygen atoms in total. The molecule has 1 aromatic carbocycles. The van der Waals surface area contributed by atoms with E-state index >= 15 is 0 Å². The number of ether oxygens (including phenoxy) is 2. The number of methoxy groups -OCH3 is 1. The van der Waals surface area contributed by atoms with Crippen LogP contribution in [0.2, 0.25) is 0 Å². The van der Waals surface area contributed by atoms with Crippen LogP contribution in [-0.2, 0) is 4.74 Å². The van der Waals surface area contributed by atoms with Crippen LogP contribution < -0.4 is 4.74 Å². The lowest BCUT2D eigenvalue weighted by molar-refractivity contribution is 0.0493. The minimum atomic E-state index is -0.925. The summed E-state index contributed by atoms with van der Waals surface area (Å²) in [7, 11) is 1.63. The van der Waals surface area contributed by atoms with Crippen molar-refractivity contribution >= 4 is 6.09 Å². The van der Waals surface area contributed by atoms with E-state index in [9.17, 15) is 15.0 Å². The van der Waals surface area contributed by atoms with Crippen molar-refractivity contribution < 1.29 is 24.5 Å². The summed E-state index contributed by atoms with van der Waals surface area (Å²) in [5, 5.41) is 19.0. The van der Waals surface area contributed by atoms with E-state index < -0.39 is 6.09 Å². The monoisotopic (exact) mass is 323 g/mol. The van der Waals surface area contributed by atoms with E-state index in [2.05, 4.69) is 0 Å². The third-order valence-electron chi connectivity index (χ3n) is 4.61. The van der Waals surface area contributed by atoms with Gasteiger partial charge in [0.25, 0.3) is 0 Å². The minimum absolute atomic E-state index is 0.0373. The zero-order valence-corrected chi connectivity index (χ0v) is 13.6. The Morgan fingerprint density at radius 1 is 1.39 bits per heavy atom. The van der Waals surface area contributed by atoms with Gasteiger partial charge in [-0.05, 0) is 37.0 Å². The molecule has 1 aliphatic heterocycles. The molecule has 1 aliphatic rings. The van der Waals surface area contributed by atoms with Crippen molar-refractivity contribution in [1.82, 2.24) is 4.90 Å². The second-order valence-corrected chi connectivity index (χ2v) is 5.87. The highest BCUT2D eigenvalue weighted by Crippen LogP contribution is 2.37. The molecule has 6 heteroatoms. The Balaban J connectivity index is 2.14. The van der Waals surface area contributed by atoms with Crippen molar-refractivity contribution in [3.05, 3.63) is 29.8 Å². The molecule has 2 rings (SSSR count). The Labute approximate surface area is 136 Å². The molecule has 1 aromatic rings. The topological polar surface area (TPSA) is 79.2 Å². The maximum Gasteiger partial charge on any atom is 0.407 e. The van der Waals surface area contributed by atoms with Crippen LogP contribution in [0.5, 0.6) is 5.75 Å². The first-order valence-electron chi connectivity index (χ1n) is 7.90. The van der Waals surface area contributed by atoms with Gasteiger partial charge in [0.05, 0.1) is 6.61 Å². The third kappa shape index (κ3) is 4.14. The summed E-state index contributed by atoms with van der Waals surface area (Å²) in [5.41, 5.74) is 1.08. The molecule has 0 spiro atoms. The largest absolute Gasteiger partial charge is 0.491 e. The van der Waals surface area contributed by atoms with Gasteiger partial charge in [-0.3, -0.25) is 0 Å². The van der Waals surface area contributed by atoms with Gasteiger partial charge in [-0.2, -0.15) is 0 Å². The summed E-state index contributed by atoms with van der Waals surface area (Å²) < 4.78 is 10.6. The van der Waals surface area contributed by atoms with Crippen molar-refractivity contribution in [2.75, 3.05) is 33.5 Å². The molecule has 128 valence electrons. The second kappa shape index (κ2) is 8.17. The number of hydrogen-bond donors (Lipinski definition) is 2. The number of piperidine rings is 1. The molecule has 0 bridgehead atoms. The van der Waals surface area contributed by atoms with Gasteiger partial charge in [-0.1, -0.05) is 12.1 Å². The van der Waals surface area contributed by atoms with Gasteiger partial charge in [0, 0.05) is 32.2 Å². The molecule has 0 aromatic heterocycles. The van der Waals surface area contributed by atoms with Gasteiger partial charge in [0.15, 0.2) is 0 Å². The van der Waals surface area contributed by atoms with E-state index in [0.29, 0.717) is 26.2 Å². The van der Waals surface area contributed by atoms with Gasteiger partial charge in [0.2, 0.25) is 0 Å². The lowest BCUT2D eigenvalue weighted by Gasteiger charge is -2.42. The van der Waals surface area contributed by atoms with Crippen LogP contribution in [0.15, 0.2) is 24.3 Å². The number of benzene rings is 1. The molecule has 3 atom stereocenters. The average molecular weight is 323 g/mol. The van der Waals surface area contributed by atoms with Crippen LogP contribution in [-0.4, -0.2) is 60.7 Å². The molecule has 2 N–H and O–H groups in total. The zero-order valence-electron chi connectivity index (χ0n) is 13.6. The molecule has 0 aliphatic carbocycles. The Morgan fingerprint density at radius 3 is 2.83 bits per heavy atom. The van der Waals surface area contributed by atoms with Crippen molar-refractivity contribution in [3.8, 4) is 5.75 Å². The number of amides is 1. The summed E-state index contributed by atoms with van der Waals surface area (Å²) in [6.07, 6.45) is -0.227. The SMILES string of the molecule is COCCOc1cccc(C2CCN(C(=O)O)C(C)C2CO)c1. The van der Waals surface area contributed by atoms with Crippen LogP contribution in [0.1, 0.15) is 24.8 Å². The van der Waals surface area contributed by atoms with Gasteiger partial charge in [-0.15, -0.1) is 0 Å². The van der Waals surface area contributed by atoms with E-state index in [1.54, 1.807) is 7.11 Å². The number of aliphatic hydroxyl groups excluding tert-OH is 1. The van der Waals surface area contributed by atoms with Crippen LogP contribution in [0, 0.1) is 5.92 Å². The quantitative estimate of drug-likeness (QED) is 0.785. The van der Waals surface area contributed by atoms with Crippen molar-refractivity contribution in [2.45, 2.75) is 25.3 Å². The summed E-state index contributed by atoms with van der Waals surface area (Å²) in [6.45, 7) is 3.31. The van der Waals surface area contributed by atoms with Crippen molar-refractivity contribution in [3.63, 3.8) is 0 Å². The molecule has 1 amide bonds. The highest BCUT2D eigenvalue weighted by molar-refractivity contribution is 5.65. The van der Waals surface area contributed by atoms with Crippen LogP contribution >= 0.6 is 0 Å². The summed E-state index contributed by atoms with van der Waals surface area (Å²) in [6, 6.07) is 7.60. The molecule has 1 heterocycles. The molecule has 3 unspecified atom stereocenters. The van der Waals surface area contributed by atoms with Gasteiger partial charge < -0.3 is 24.6 Å². The number of hydrogen-bond acceptors (Lipinski definition) is 4. The third-order valence-corrected chi connectivity index (χ3v) is 4.61. The van der Waals surface area contributed by atoms with Crippen molar-refractivity contribution in [1.29, 1.82) is 0 Å². The molecular formula is C17H25NO5. The van der Waals surface area contributed by atoms with E-state index in [4.69, 9.17) is 9.47 Å². The van der Waals surface area contributed by atoms with Crippen LogP contribution in [0.25, 0.3) is 0 Å². The van der Waals surface area contributed by atoms with E-state index in [1.807, 2.05) is 31.2 Å². The highest BCUT2D eigenvalue weighted by atomic mass is 16.5. The number of rotatable bonds is 6. The van der Waals surface area contributed by atoms with Crippen LogP contribution in [0.4, 0.5) is 4.79 Å². The number of nitrogens with zero attached hydrogens (tertiary/aromatic N) is 1. The highest BCUT2D eigenvalue weighted by Gasteiger charge is 2.37. The maximum atomic E-state index is 11.3. The lowest BCUT2D eigenvalue weighted by atomic mass is 9.77. The predicted molar refractivity (Wildman–Crippen MR) is 85.9 cm³/mol. The maximum absolute atomic E-state index is 11.3. The molecule has 23 heavy (non-hydrogen) atoms. The second-order valence-electron chi connectivity index (χ2n) is 5.87. The summed E-state index contributed by atoms with van der Waals surface area (Å²) in [5.74, 6) is 0.773. The molecule has 0 saturated carbocycles. The standard InChI is InChI=1S/C17H25NO5/c1-12-16(11-19)15(6-7-18(12)17(20)21)13-4-3-5-14(10-13)23-9-8-22-2/h3-5,10,12,15-16,19H,6-9,11H2,1-2H3,(H,20,21). The fourth-order valence-electron chi connectivity index (χ4n) is 3.30. The van der Waals surface area contributed by atoms with E-state index in [-0.39, 0.29) is 24.5 Å². The van der Waals surface area contributed by atoms with Crippen molar-refractivity contribution in [2.24, 2.45) is 5.92 Å². The number of likely N-dealkylation sites (tertiary alicyclic amines) is 1. The van der Waals surface area contributed by atoms with E-state index in [1.165, 1.54) is 4.90 Å². The zero-order chi connectivity index (χ0) is 16.8. The Hall–Kier alpha value is -1.79. The van der Waals surface area contributed by atoms with Gasteiger partial charge in [0.1, 0.15) is 12.4 Å². The number of carbonyl (C=O) groups is 1. The summed E-state index contributed by atoms with van der Waals surface area (Å²) in [4.78, 5) is 12.7. The number of carboxylic acid groups (broad SMARTS) is 1. The smallest absolute Gasteiger partial charge is 0.407 e. The number of aliphatic hydroxyl groups is 1. The fraction of sp³-hybridized carbons (Fsp3) is 0.588. The Morgan fingerprint density at radius 2 is 2.17 bits per heavy atom. The Bertz CT molecular complexity index is 521. The molecule has 1 saturated heterocycles. The van der Waals surface area contributed by atoms with E-state index in [0.717, 1.165) is 11.3 Å². The summed E-state index contributed by atoms with van der Waals surface area (Å²) >= 11 is 0.